The minimum absolute atomic E-state index is 0.201. The molecular formula is C12H16N4O2S. The van der Waals surface area contributed by atoms with Crippen LogP contribution in [-0.4, -0.2) is 34.6 Å². The zero-order valence-electron chi connectivity index (χ0n) is 10.7. The van der Waals surface area contributed by atoms with E-state index in [-0.39, 0.29) is 5.97 Å². The Bertz CT molecular complexity index is 510. The summed E-state index contributed by atoms with van der Waals surface area (Å²) in [5.41, 5.74) is 0. The van der Waals surface area contributed by atoms with Crippen LogP contribution in [0.5, 0.6) is 0 Å². The van der Waals surface area contributed by atoms with E-state index in [1.54, 1.807) is 22.2 Å². The number of thiophene rings is 1. The lowest BCUT2D eigenvalue weighted by Gasteiger charge is -2.02. The third-order valence-electron chi connectivity index (χ3n) is 2.55. The highest BCUT2D eigenvalue weighted by Crippen LogP contribution is 2.17. The van der Waals surface area contributed by atoms with Crippen LogP contribution in [0.2, 0.25) is 0 Å². The highest BCUT2D eigenvalue weighted by Gasteiger charge is 2.05. The third kappa shape index (κ3) is 4.46. The Balaban J connectivity index is 1.70. The van der Waals surface area contributed by atoms with E-state index in [2.05, 4.69) is 20.4 Å². The summed E-state index contributed by atoms with van der Waals surface area (Å²) in [4.78, 5) is 13.4. The Morgan fingerprint density at radius 2 is 2.32 bits per heavy atom. The molecule has 1 N–H and O–H groups in total. The fourth-order valence-corrected chi connectivity index (χ4v) is 2.56. The van der Waals surface area contributed by atoms with Gasteiger partial charge in [-0.1, -0.05) is 5.21 Å². The number of hydrogen-bond acceptors (Lipinski definition) is 6. The van der Waals surface area contributed by atoms with E-state index in [0.29, 0.717) is 6.42 Å². The summed E-state index contributed by atoms with van der Waals surface area (Å²) in [6, 6.07) is 4.00. The minimum atomic E-state index is -0.201. The van der Waals surface area contributed by atoms with Crippen molar-refractivity contribution in [1.29, 1.82) is 0 Å². The van der Waals surface area contributed by atoms with E-state index in [4.69, 9.17) is 0 Å². The molecule has 2 aromatic rings. The van der Waals surface area contributed by atoms with E-state index in [9.17, 15) is 4.79 Å². The predicted molar refractivity (Wildman–Crippen MR) is 71.8 cm³/mol. The number of hydrogen-bond donors (Lipinski definition) is 1. The highest BCUT2D eigenvalue weighted by atomic mass is 32.1. The van der Waals surface area contributed by atoms with Crippen LogP contribution in [0, 0.1) is 0 Å². The second kappa shape index (κ2) is 7.01. The number of carbonyl (C=O) groups excluding carboxylic acids is 1. The Morgan fingerprint density at radius 1 is 1.47 bits per heavy atom. The summed E-state index contributed by atoms with van der Waals surface area (Å²) in [5, 5.41) is 11.0. The average Bonchev–Trinajstić information content (AvgIpc) is 3.06. The van der Waals surface area contributed by atoms with Crippen LogP contribution in [-0.2, 0) is 29.0 Å². The molecular weight excluding hydrogens is 264 g/mol. The van der Waals surface area contributed by atoms with Gasteiger partial charge in [-0.2, -0.15) is 0 Å². The van der Waals surface area contributed by atoms with Crippen molar-refractivity contribution in [3.63, 3.8) is 0 Å². The fourth-order valence-electron chi connectivity index (χ4n) is 1.58. The molecule has 0 saturated heterocycles. The Labute approximate surface area is 115 Å². The van der Waals surface area contributed by atoms with Crippen LogP contribution in [0.4, 0.5) is 0 Å². The van der Waals surface area contributed by atoms with Gasteiger partial charge in [-0.3, -0.25) is 9.48 Å². The van der Waals surface area contributed by atoms with E-state index in [1.807, 2.05) is 18.3 Å². The van der Waals surface area contributed by atoms with Gasteiger partial charge >= 0.3 is 5.97 Å². The SMILES string of the molecule is COC(=O)Cc1ccc(CNCCn2ccnn2)s1. The molecule has 6 nitrogen and oxygen atoms in total. The molecule has 0 aromatic carbocycles. The first-order chi connectivity index (χ1) is 9.28. The second-order valence-electron chi connectivity index (χ2n) is 3.96. The molecule has 0 atom stereocenters. The Kier molecular flexibility index (Phi) is 5.05. The van der Waals surface area contributed by atoms with Crippen molar-refractivity contribution < 1.29 is 9.53 Å². The second-order valence-corrected chi connectivity index (χ2v) is 5.22. The van der Waals surface area contributed by atoms with Gasteiger partial charge in [-0.25, -0.2) is 0 Å². The molecule has 2 rings (SSSR count). The number of nitrogens with zero attached hydrogens (tertiary/aromatic N) is 3. The number of rotatable bonds is 7. The molecule has 0 radical (unpaired) electrons. The lowest BCUT2D eigenvalue weighted by Crippen LogP contribution is -2.19. The van der Waals surface area contributed by atoms with Gasteiger partial charge in [0.05, 0.1) is 26.3 Å². The van der Waals surface area contributed by atoms with Gasteiger partial charge in [0.2, 0.25) is 0 Å². The number of nitrogens with one attached hydrogen (secondary N) is 1. The van der Waals surface area contributed by atoms with Crippen LogP contribution in [0.25, 0.3) is 0 Å². The predicted octanol–water partition coefficient (Wildman–Crippen LogP) is 0.845. The lowest BCUT2D eigenvalue weighted by atomic mass is 10.3. The van der Waals surface area contributed by atoms with Gasteiger partial charge < -0.3 is 10.1 Å². The van der Waals surface area contributed by atoms with E-state index in [0.717, 1.165) is 24.5 Å². The molecule has 7 heteroatoms. The van der Waals surface area contributed by atoms with E-state index >= 15 is 0 Å². The molecule has 2 aromatic heterocycles. The largest absolute Gasteiger partial charge is 0.469 e. The van der Waals surface area contributed by atoms with Crippen molar-refractivity contribution in [1.82, 2.24) is 20.3 Å². The Morgan fingerprint density at radius 3 is 3.05 bits per heavy atom. The van der Waals surface area contributed by atoms with Crippen LogP contribution in [0.3, 0.4) is 0 Å². The standard InChI is InChI=1S/C12H16N4O2S/c1-18-12(17)8-10-2-3-11(19-10)9-13-4-6-16-7-5-14-15-16/h2-3,5,7,13H,4,6,8-9H2,1H3. The molecule has 0 unspecified atom stereocenters. The average molecular weight is 280 g/mol. The molecule has 0 fully saturated rings. The maximum Gasteiger partial charge on any atom is 0.310 e. The van der Waals surface area contributed by atoms with Crippen molar-refractivity contribution in [2.45, 2.75) is 19.5 Å². The van der Waals surface area contributed by atoms with Crippen LogP contribution in [0.15, 0.2) is 24.5 Å². The van der Waals surface area contributed by atoms with Crippen LogP contribution < -0.4 is 5.32 Å². The first kappa shape index (κ1) is 13.7. The smallest absolute Gasteiger partial charge is 0.310 e. The number of carbonyl (C=O) groups is 1. The summed E-state index contributed by atoms with van der Waals surface area (Å²) in [6.07, 6.45) is 3.85. The van der Waals surface area contributed by atoms with Crippen LogP contribution in [0.1, 0.15) is 9.75 Å². The first-order valence-electron chi connectivity index (χ1n) is 5.97. The number of methoxy groups -OCH3 is 1. The third-order valence-corrected chi connectivity index (χ3v) is 3.64. The zero-order chi connectivity index (χ0) is 13.5. The van der Waals surface area contributed by atoms with Crippen molar-refractivity contribution in [3.8, 4) is 0 Å². The van der Waals surface area contributed by atoms with Gasteiger partial charge in [-0.05, 0) is 12.1 Å². The quantitative estimate of drug-likeness (QED) is 0.601. The van der Waals surface area contributed by atoms with Crippen molar-refractivity contribution in [2.24, 2.45) is 0 Å². The maximum atomic E-state index is 11.1. The topological polar surface area (TPSA) is 69.0 Å². The van der Waals surface area contributed by atoms with Gasteiger partial charge in [-0.15, -0.1) is 16.4 Å². The van der Waals surface area contributed by atoms with Crippen LogP contribution >= 0.6 is 11.3 Å². The van der Waals surface area contributed by atoms with Gasteiger partial charge in [0, 0.05) is 29.0 Å². The van der Waals surface area contributed by atoms with Crippen molar-refractivity contribution >= 4 is 17.3 Å². The highest BCUT2D eigenvalue weighted by molar-refractivity contribution is 7.12. The minimum Gasteiger partial charge on any atom is -0.469 e. The summed E-state index contributed by atoms with van der Waals surface area (Å²) in [7, 11) is 1.41. The normalized spacial score (nSPS) is 10.6. The summed E-state index contributed by atoms with van der Waals surface area (Å²) in [5.74, 6) is -0.201. The first-order valence-corrected chi connectivity index (χ1v) is 6.79. The lowest BCUT2D eigenvalue weighted by molar-refractivity contribution is -0.139. The fraction of sp³-hybridized carbons (Fsp3) is 0.417. The van der Waals surface area contributed by atoms with Crippen molar-refractivity contribution in [3.05, 3.63) is 34.3 Å². The molecule has 0 aliphatic rings. The maximum absolute atomic E-state index is 11.1. The van der Waals surface area contributed by atoms with Gasteiger partial charge in [0.1, 0.15) is 0 Å². The molecule has 19 heavy (non-hydrogen) atoms. The number of aromatic nitrogens is 3. The summed E-state index contributed by atoms with van der Waals surface area (Å²) in [6.45, 7) is 2.41. The van der Waals surface area contributed by atoms with Gasteiger partial charge in [0.15, 0.2) is 0 Å². The van der Waals surface area contributed by atoms with E-state index < -0.39 is 0 Å². The zero-order valence-corrected chi connectivity index (χ0v) is 11.5. The molecule has 102 valence electrons. The summed E-state index contributed by atoms with van der Waals surface area (Å²) >= 11 is 1.63. The number of esters is 1. The Hall–Kier alpha value is -1.73. The molecule has 0 aliphatic heterocycles. The molecule has 0 spiro atoms. The van der Waals surface area contributed by atoms with Gasteiger partial charge in [0.25, 0.3) is 0 Å². The molecule has 2 heterocycles. The molecule has 0 amide bonds. The monoisotopic (exact) mass is 280 g/mol. The molecule has 0 aliphatic carbocycles. The molecule has 0 bridgehead atoms. The van der Waals surface area contributed by atoms with E-state index in [1.165, 1.54) is 12.0 Å². The van der Waals surface area contributed by atoms with Crippen molar-refractivity contribution in [2.75, 3.05) is 13.7 Å². The molecule has 0 saturated carbocycles. The number of ether oxygens (including phenoxy) is 1. The summed E-state index contributed by atoms with van der Waals surface area (Å²) < 4.78 is 6.42.